The molecule has 3 aromatic carbocycles. The largest absolute Gasteiger partial charge is 0.486 e. The number of aryl methyl sites for hydroxylation is 1. The Morgan fingerprint density at radius 3 is 2.44 bits per heavy atom. The highest BCUT2D eigenvalue weighted by atomic mass is 16.6. The van der Waals surface area contributed by atoms with E-state index in [1.807, 2.05) is 13.0 Å². The molecular formula is C26H23N3O7. The molecule has 0 spiro atoms. The van der Waals surface area contributed by atoms with E-state index < -0.39 is 30.4 Å². The number of nitrogens with one attached hydrogen (secondary N) is 3. The third-order valence-electron chi connectivity index (χ3n) is 5.06. The van der Waals surface area contributed by atoms with Crippen LogP contribution >= 0.6 is 0 Å². The molecule has 0 aliphatic carbocycles. The van der Waals surface area contributed by atoms with Gasteiger partial charge in [-0.1, -0.05) is 29.8 Å². The molecule has 0 unspecified atom stereocenters. The van der Waals surface area contributed by atoms with E-state index in [2.05, 4.69) is 16.0 Å². The topological polar surface area (TPSA) is 132 Å². The van der Waals surface area contributed by atoms with E-state index in [1.165, 1.54) is 6.07 Å². The summed E-state index contributed by atoms with van der Waals surface area (Å²) in [6, 6.07) is 17.3. The van der Waals surface area contributed by atoms with Gasteiger partial charge in [-0.2, -0.15) is 0 Å². The number of anilines is 2. The number of benzene rings is 3. The van der Waals surface area contributed by atoms with Gasteiger partial charge < -0.3 is 24.8 Å². The van der Waals surface area contributed by atoms with Crippen LogP contribution in [0.25, 0.3) is 0 Å². The fraction of sp³-hybridized carbons (Fsp3) is 0.154. The van der Waals surface area contributed by atoms with Gasteiger partial charge in [-0.05, 0) is 43.3 Å². The highest BCUT2D eigenvalue weighted by molar-refractivity contribution is 6.08. The number of hydrogen-bond donors (Lipinski definition) is 3. The molecule has 0 saturated heterocycles. The standard InChI is InChI=1S/C26H23N3O7/c1-16-5-4-6-17(13-16)24(31)28-20-8-3-2-7-19(20)25(32)36-15-23(30)29-26(33)27-18-9-10-21-22(14-18)35-12-11-34-21/h2-10,13-14H,11-12,15H2,1H3,(H,28,31)(H2,27,29,30,33). The lowest BCUT2D eigenvalue weighted by Gasteiger charge is -2.19. The lowest BCUT2D eigenvalue weighted by atomic mass is 10.1. The van der Waals surface area contributed by atoms with Gasteiger partial charge in [-0.25, -0.2) is 9.59 Å². The van der Waals surface area contributed by atoms with Gasteiger partial charge >= 0.3 is 12.0 Å². The van der Waals surface area contributed by atoms with Crippen molar-refractivity contribution >= 4 is 35.2 Å². The summed E-state index contributed by atoms with van der Waals surface area (Å²) >= 11 is 0. The summed E-state index contributed by atoms with van der Waals surface area (Å²) in [6.07, 6.45) is 0. The number of urea groups is 1. The SMILES string of the molecule is Cc1cccc(C(=O)Nc2ccccc2C(=O)OCC(=O)NC(=O)Nc2ccc3c(c2)OCCO3)c1. The minimum atomic E-state index is -0.836. The zero-order valence-corrected chi connectivity index (χ0v) is 19.3. The number of imide groups is 1. The first-order valence-electron chi connectivity index (χ1n) is 11.0. The number of rotatable bonds is 6. The van der Waals surface area contributed by atoms with Crippen molar-refractivity contribution in [2.75, 3.05) is 30.5 Å². The number of carbonyl (C=O) groups is 4. The quantitative estimate of drug-likeness (QED) is 0.451. The Hall–Kier alpha value is -4.86. The van der Waals surface area contributed by atoms with Crippen molar-refractivity contribution in [3.8, 4) is 11.5 Å². The zero-order chi connectivity index (χ0) is 25.5. The number of amides is 4. The Balaban J connectivity index is 1.30. The second kappa shape index (κ2) is 11.0. The summed E-state index contributed by atoms with van der Waals surface area (Å²) in [5.74, 6) is -1.03. The van der Waals surface area contributed by atoms with Crippen LogP contribution in [-0.2, 0) is 9.53 Å². The van der Waals surface area contributed by atoms with E-state index in [0.717, 1.165) is 5.56 Å². The molecule has 4 rings (SSSR count). The van der Waals surface area contributed by atoms with Crippen LogP contribution in [0.2, 0.25) is 0 Å². The number of para-hydroxylation sites is 1. The smallest absolute Gasteiger partial charge is 0.340 e. The number of fused-ring (bicyclic) bond motifs is 1. The summed E-state index contributed by atoms with van der Waals surface area (Å²) in [5.41, 5.74) is 2.03. The maximum Gasteiger partial charge on any atom is 0.340 e. The van der Waals surface area contributed by atoms with Crippen molar-refractivity contribution in [2.45, 2.75) is 6.92 Å². The molecular weight excluding hydrogens is 466 g/mol. The Labute approximate surface area is 206 Å². The van der Waals surface area contributed by atoms with Gasteiger partial charge in [-0.15, -0.1) is 0 Å². The van der Waals surface area contributed by atoms with Gasteiger partial charge in [0.2, 0.25) is 0 Å². The molecule has 10 heteroatoms. The predicted molar refractivity (Wildman–Crippen MR) is 130 cm³/mol. The Bertz CT molecular complexity index is 1320. The van der Waals surface area contributed by atoms with Crippen LogP contribution in [-0.4, -0.2) is 43.6 Å². The van der Waals surface area contributed by atoms with Crippen molar-refractivity contribution in [1.29, 1.82) is 0 Å². The molecule has 0 bridgehead atoms. The molecule has 184 valence electrons. The summed E-state index contributed by atoms with van der Waals surface area (Å²) in [6.45, 7) is 2.00. The first kappa shape index (κ1) is 24.3. The molecule has 0 aromatic heterocycles. The molecule has 0 radical (unpaired) electrons. The van der Waals surface area contributed by atoms with Gasteiger partial charge in [0.15, 0.2) is 18.1 Å². The van der Waals surface area contributed by atoms with Crippen molar-refractivity contribution in [3.63, 3.8) is 0 Å². The molecule has 0 saturated carbocycles. The van der Waals surface area contributed by atoms with E-state index in [4.69, 9.17) is 14.2 Å². The number of esters is 1. The molecule has 4 amide bonds. The monoisotopic (exact) mass is 489 g/mol. The Morgan fingerprint density at radius 1 is 0.861 bits per heavy atom. The van der Waals surface area contributed by atoms with Crippen LogP contribution in [0.4, 0.5) is 16.2 Å². The minimum Gasteiger partial charge on any atom is -0.486 e. The van der Waals surface area contributed by atoms with E-state index in [9.17, 15) is 19.2 Å². The molecule has 1 aliphatic heterocycles. The van der Waals surface area contributed by atoms with Crippen molar-refractivity contribution in [3.05, 3.63) is 83.4 Å². The van der Waals surface area contributed by atoms with E-state index in [1.54, 1.807) is 54.6 Å². The van der Waals surface area contributed by atoms with Crippen molar-refractivity contribution < 1.29 is 33.4 Å². The first-order chi connectivity index (χ1) is 17.4. The molecule has 1 heterocycles. The fourth-order valence-electron chi connectivity index (χ4n) is 3.41. The van der Waals surface area contributed by atoms with Gasteiger partial charge in [0.25, 0.3) is 11.8 Å². The van der Waals surface area contributed by atoms with Crippen LogP contribution in [0.15, 0.2) is 66.7 Å². The second-order valence-electron chi connectivity index (χ2n) is 7.81. The third-order valence-corrected chi connectivity index (χ3v) is 5.06. The maximum atomic E-state index is 12.6. The molecule has 0 fully saturated rings. The fourth-order valence-corrected chi connectivity index (χ4v) is 3.41. The lowest BCUT2D eigenvalue weighted by Crippen LogP contribution is -2.37. The Kier molecular flexibility index (Phi) is 7.45. The van der Waals surface area contributed by atoms with Crippen LogP contribution in [0.1, 0.15) is 26.3 Å². The summed E-state index contributed by atoms with van der Waals surface area (Å²) < 4.78 is 15.9. The van der Waals surface area contributed by atoms with Crippen LogP contribution < -0.4 is 25.4 Å². The minimum absolute atomic E-state index is 0.0621. The van der Waals surface area contributed by atoms with E-state index in [0.29, 0.717) is 36.0 Å². The van der Waals surface area contributed by atoms with Gasteiger partial charge in [0.1, 0.15) is 13.2 Å². The van der Waals surface area contributed by atoms with Crippen molar-refractivity contribution in [2.24, 2.45) is 0 Å². The van der Waals surface area contributed by atoms with E-state index >= 15 is 0 Å². The van der Waals surface area contributed by atoms with Crippen LogP contribution in [0, 0.1) is 6.92 Å². The third kappa shape index (κ3) is 6.17. The van der Waals surface area contributed by atoms with Crippen LogP contribution in [0.5, 0.6) is 11.5 Å². The average molecular weight is 489 g/mol. The number of carbonyl (C=O) groups excluding carboxylic acids is 4. The summed E-state index contributed by atoms with van der Waals surface area (Å²) in [7, 11) is 0. The highest BCUT2D eigenvalue weighted by Crippen LogP contribution is 2.32. The second-order valence-corrected chi connectivity index (χ2v) is 7.81. The molecule has 0 atom stereocenters. The number of hydrogen-bond acceptors (Lipinski definition) is 7. The molecule has 3 aromatic rings. The lowest BCUT2D eigenvalue weighted by molar-refractivity contribution is -0.123. The molecule has 3 N–H and O–H groups in total. The van der Waals surface area contributed by atoms with Gasteiger partial charge in [0.05, 0.1) is 11.3 Å². The normalized spacial score (nSPS) is 11.7. The Morgan fingerprint density at radius 2 is 1.64 bits per heavy atom. The molecule has 10 nitrogen and oxygen atoms in total. The summed E-state index contributed by atoms with van der Waals surface area (Å²) in [4.78, 5) is 49.4. The highest BCUT2D eigenvalue weighted by Gasteiger charge is 2.18. The number of ether oxygens (including phenoxy) is 3. The molecule has 1 aliphatic rings. The van der Waals surface area contributed by atoms with Crippen molar-refractivity contribution in [1.82, 2.24) is 5.32 Å². The van der Waals surface area contributed by atoms with Gasteiger partial charge in [0, 0.05) is 17.3 Å². The average Bonchev–Trinajstić information content (AvgIpc) is 2.87. The first-order valence-corrected chi connectivity index (χ1v) is 11.0. The maximum absolute atomic E-state index is 12.6. The zero-order valence-electron chi connectivity index (χ0n) is 19.3. The van der Waals surface area contributed by atoms with Gasteiger partial charge in [-0.3, -0.25) is 14.9 Å². The predicted octanol–water partition coefficient (Wildman–Crippen LogP) is 3.52. The van der Waals surface area contributed by atoms with E-state index in [-0.39, 0.29) is 11.3 Å². The summed E-state index contributed by atoms with van der Waals surface area (Å²) in [5, 5.41) is 7.26. The van der Waals surface area contributed by atoms with Crippen LogP contribution in [0.3, 0.4) is 0 Å². The molecule has 36 heavy (non-hydrogen) atoms.